The molecule has 3 aromatic rings. The van der Waals surface area contributed by atoms with Gasteiger partial charge >= 0.3 is 11.7 Å². The maximum Gasteiger partial charge on any atom is 0.573 e. The summed E-state index contributed by atoms with van der Waals surface area (Å²) in [5, 5.41) is -3.74. The SMILES string of the molecule is FC(F)(F)Oc1ccc(/C(=C/C=C/c2cccc(Oc3ccccc3)c2)C(F)(F)Cl)cc1. The third-order valence-electron chi connectivity index (χ3n) is 4.09. The molecule has 0 saturated carbocycles. The van der Waals surface area contributed by atoms with E-state index in [1.165, 1.54) is 6.08 Å². The minimum Gasteiger partial charge on any atom is -0.457 e. The molecular weight excluding hydrogens is 451 g/mol. The van der Waals surface area contributed by atoms with E-state index in [1.54, 1.807) is 42.5 Å². The third-order valence-corrected chi connectivity index (χ3v) is 4.30. The summed E-state index contributed by atoms with van der Waals surface area (Å²) < 4.78 is 74.1. The van der Waals surface area contributed by atoms with Gasteiger partial charge in [-0.1, -0.05) is 60.7 Å². The summed E-state index contributed by atoms with van der Waals surface area (Å²) in [6.07, 6.45) is -0.843. The molecule has 0 aliphatic rings. The van der Waals surface area contributed by atoms with Crippen molar-refractivity contribution in [2.75, 3.05) is 0 Å². The van der Waals surface area contributed by atoms with Gasteiger partial charge in [0.1, 0.15) is 17.2 Å². The zero-order valence-electron chi connectivity index (χ0n) is 16.3. The number of alkyl halides is 6. The fraction of sp³-hybridized carbons (Fsp3) is 0.0833. The van der Waals surface area contributed by atoms with Gasteiger partial charge in [0.05, 0.1) is 0 Å². The van der Waals surface area contributed by atoms with Gasteiger partial charge in [-0.05, 0) is 59.1 Å². The van der Waals surface area contributed by atoms with E-state index in [-0.39, 0.29) is 5.56 Å². The highest BCUT2D eigenvalue weighted by Gasteiger charge is 2.33. The summed E-state index contributed by atoms with van der Waals surface area (Å²) in [5.74, 6) is 0.685. The Morgan fingerprint density at radius 2 is 1.41 bits per heavy atom. The van der Waals surface area contributed by atoms with Crippen molar-refractivity contribution in [2.24, 2.45) is 0 Å². The van der Waals surface area contributed by atoms with Gasteiger partial charge in [-0.2, -0.15) is 8.78 Å². The van der Waals surface area contributed by atoms with Crippen LogP contribution in [-0.4, -0.2) is 11.7 Å². The molecule has 0 radical (unpaired) electrons. The number of allylic oxidation sites excluding steroid dienone is 3. The summed E-state index contributed by atoms with van der Waals surface area (Å²) in [5.41, 5.74) is 0.0526. The number of halogens is 6. The quantitative estimate of drug-likeness (QED) is 0.198. The topological polar surface area (TPSA) is 18.5 Å². The number of ether oxygens (including phenoxy) is 2. The molecule has 0 aliphatic heterocycles. The highest BCUT2D eigenvalue weighted by atomic mass is 35.5. The van der Waals surface area contributed by atoms with Crippen LogP contribution in [0, 0.1) is 0 Å². The molecule has 3 rings (SSSR count). The highest BCUT2D eigenvalue weighted by Crippen LogP contribution is 2.37. The molecule has 0 amide bonds. The van der Waals surface area contributed by atoms with Crippen molar-refractivity contribution in [2.45, 2.75) is 11.7 Å². The van der Waals surface area contributed by atoms with Crippen molar-refractivity contribution in [3.63, 3.8) is 0 Å². The Balaban J connectivity index is 1.79. The van der Waals surface area contributed by atoms with Crippen LogP contribution in [0.15, 0.2) is 91.0 Å². The minimum absolute atomic E-state index is 0.0506. The summed E-state index contributed by atoms with van der Waals surface area (Å²) in [4.78, 5) is 0. The molecular formula is C24H16ClF5O2. The van der Waals surface area contributed by atoms with Crippen LogP contribution in [0.1, 0.15) is 11.1 Å². The van der Waals surface area contributed by atoms with Crippen LogP contribution in [0.25, 0.3) is 11.6 Å². The zero-order valence-corrected chi connectivity index (χ0v) is 17.1. The lowest BCUT2D eigenvalue weighted by Gasteiger charge is -2.14. The van der Waals surface area contributed by atoms with E-state index in [1.807, 2.05) is 18.2 Å². The number of hydrogen-bond donors (Lipinski definition) is 0. The first-order chi connectivity index (χ1) is 15.1. The smallest absolute Gasteiger partial charge is 0.457 e. The Morgan fingerprint density at radius 3 is 2.03 bits per heavy atom. The van der Waals surface area contributed by atoms with Crippen molar-refractivity contribution >= 4 is 23.3 Å². The molecule has 32 heavy (non-hydrogen) atoms. The van der Waals surface area contributed by atoms with Gasteiger partial charge < -0.3 is 9.47 Å². The molecule has 166 valence electrons. The van der Waals surface area contributed by atoms with Gasteiger partial charge in [-0.15, -0.1) is 13.2 Å². The molecule has 0 spiro atoms. The molecule has 0 atom stereocenters. The second-order valence-electron chi connectivity index (χ2n) is 6.50. The first-order valence-corrected chi connectivity index (χ1v) is 9.63. The van der Waals surface area contributed by atoms with Gasteiger partial charge in [-0.3, -0.25) is 0 Å². The second kappa shape index (κ2) is 9.87. The van der Waals surface area contributed by atoms with Crippen LogP contribution in [-0.2, 0) is 0 Å². The molecule has 0 unspecified atom stereocenters. The summed E-state index contributed by atoms with van der Waals surface area (Å²) in [6, 6.07) is 20.1. The Kier molecular flexibility index (Phi) is 7.20. The largest absolute Gasteiger partial charge is 0.573 e. The predicted molar refractivity (Wildman–Crippen MR) is 114 cm³/mol. The van der Waals surface area contributed by atoms with E-state index < -0.39 is 23.1 Å². The van der Waals surface area contributed by atoms with Crippen molar-refractivity contribution in [1.29, 1.82) is 0 Å². The van der Waals surface area contributed by atoms with Crippen LogP contribution in [0.2, 0.25) is 0 Å². The van der Waals surface area contributed by atoms with E-state index in [0.717, 1.165) is 30.3 Å². The van der Waals surface area contributed by atoms with Crippen molar-refractivity contribution in [1.82, 2.24) is 0 Å². The lowest BCUT2D eigenvalue weighted by atomic mass is 10.0. The summed E-state index contributed by atoms with van der Waals surface area (Å²) in [6.45, 7) is 0. The Hall–Kier alpha value is -3.32. The molecule has 0 saturated heterocycles. The normalized spacial score (nSPS) is 12.8. The second-order valence-corrected chi connectivity index (χ2v) is 6.97. The Labute approximate surface area is 186 Å². The maximum atomic E-state index is 13.9. The van der Waals surface area contributed by atoms with E-state index in [2.05, 4.69) is 4.74 Å². The number of hydrogen-bond acceptors (Lipinski definition) is 2. The molecule has 2 nitrogen and oxygen atoms in total. The van der Waals surface area contributed by atoms with Gasteiger partial charge in [0.15, 0.2) is 0 Å². The van der Waals surface area contributed by atoms with E-state index in [4.69, 9.17) is 16.3 Å². The predicted octanol–water partition coefficient (Wildman–Crippen LogP) is 8.31. The maximum absolute atomic E-state index is 13.9. The first kappa shape index (κ1) is 23.3. The lowest BCUT2D eigenvalue weighted by Crippen LogP contribution is -2.17. The number of benzene rings is 3. The fourth-order valence-corrected chi connectivity index (χ4v) is 2.92. The van der Waals surface area contributed by atoms with Crippen LogP contribution in [0.3, 0.4) is 0 Å². The van der Waals surface area contributed by atoms with Gasteiger partial charge in [0.25, 0.3) is 0 Å². The monoisotopic (exact) mass is 466 g/mol. The van der Waals surface area contributed by atoms with Crippen LogP contribution in [0.4, 0.5) is 22.0 Å². The minimum atomic E-state index is -4.88. The molecule has 0 aliphatic carbocycles. The molecule has 0 N–H and O–H groups in total. The van der Waals surface area contributed by atoms with Crippen molar-refractivity contribution in [3.05, 3.63) is 102 Å². The molecule has 3 aromatic carbocycles. The Bertz CT molecular complexity index is 1090. The van der Waals surface area contributed by atoms with E-state index in [9.17, 15) is 22.0 Å². The van der Waals surface area contributed by atoms with E-state index in [0.29, 0.717) is 17.1 Å². The highest BCUT2D eigenvalue weighted by molar-refractivity contribution is 6.27. The summed E-state index contributed by atoms with van der Waals surface area (Å²) >= 11 is 5.21. The zero-order chi connectivity index (χ0) is 23.2. The average Bonchev–Trinajstić information content (AvgIpc) is 2.71. The standard InChI is InChI=1S/C24H16ClF5O2/c25-23(26,27)22(18-12-14-20(15-13-18)32-24(28,29)30)11-5-7-17-6-4-10-21(16-17)31-19-8-2-1-3-9-19/h1-16H/b7-5+,22-11-. The summed E-state index contributed by atoms with van der Waals surface area (Å²) in [7, 11) is 0. The van der Waals surface area contributed by atoms with E-state index >= 15 is 0 Å². The van der Waals surface area contributed by atoms with Crippen LogP contribution < -0.4 is 9.47 Å². The lowest BCUT2D eigenvalue weighted by molar-refractivity contribution is -0.274. The number of para-hydroxylation sites is 1. The van der Waals surface area contributed by atoms with Gasteiger partial charge in [0.2, 0.25) is 0 Å². The molecule has 8 heteroatoms. The third kappa shape index (κ3) is 7.13. The number of rotatable bonds is 7. The van der Waals surface area contributed by atoms with Crippen molar-refractivity contribution < 1.29 is 31.4 Å². The first-order valence-electron chi connectivity index (χ1n) is 9.25. The molecule has 0 heterocycles. The van der Waals surface area contributed by atoms with Crippen LogP contribution in [0.5, 0.6) is 17.2 Å². The van der Waals surface area contributed by atoms with Gasteiger partial charge in [0, 0.05) is 5.57 Å². The average molecular weight is 467 g/mol. The molecule has 0 bridgehead atoms. The fourth-order valence-electron chi connectivity index (χ4n) is 2.75. The van der Waals surface area contributed by atoms with Crippen molar-refractivity contribution in [3.8, 4) is 17.2 Å². The van der Waals surface area contributed by atoms with Crippen LogP contribution >= 0.6 is 11.6 Å². The molecule has 0 aromatic heterocycles. The van der Waals surface area contributed by atoms with Gasteiger partial charge in [-0.25, -0.2) is 0 Å². The Morgan fingerprint density at radius 1 is 0.750 bits per heavy atom. The molecule has 0 fully saturated rings.